The van der Waals surface area contributed by atoms with E-state index in [1.165, 1.54) is 122 Å². The van der Waals surface area contributed by atoms with Gasteiger partial charge in [-0.1, -0.05) is 235 Å². The Balaban J connectivity index is 0.000000235. The summed E-state index contributed by atoms with van der Waals surface area (Å²) in [5, 5.41) is 0. The van der Waals surface area contributed by atoms with Gasteiger partial charge in [0, 0.05) is 0 Å². The number of hydrogen-bond donors (Lipinski definition) is 0. The third-order valence-corrected chi connectivity index (χ3v) is 13.9. The summed E-state index contributed by atoms with van der Waals surface area (Å²) in [6.45, 7) is 15.4. The highest BCUT2D eigenvalue weighted by Crippen LogP contribution is 2.42. The summed E-state index contributed by atoms with van der Waals surface area (Å²) in [6.07, 6.45) is 47.4. The van der Waals surface area contributed by atoms with Gasteiger partial charge in [-0.25, -0.2) is 0 Å². The first-order valence-electron chi connectivity index (χ1n) is 23.1. The van der Waals surface area contributed by atoms with E-state index in [9.17, 15) is 0 Å². The highest BCUT2D eigenvalue weighted by atomic mass is 14.4. The van der Waals surface area contributed by atoms with Crippen LogP contribution in [0.4, 0.5) is 0 Å². The van der Waals surface area contributed by atoms with Gasteiger partial charge >= 0.3 is 0 Å². The molecule has 0 aromatic carbocycles. The minimum absolute atomic E-state index is 1.01. The summed E-state index contributed by atoms with van der Waals surface area (Å²) in [5.41, 5.74) is 0. The zero-order valence-corrected chi connectivity index (χ0v) is 34.1. The van der Waals surface area contributed by atoms with Gasteiger partial charge in [-0.15, -0.1) is 0 Å². The normalized spacial score (nSPS) is 33.5. The maximum Gasteiger partial charge on any atom is -0.0383 e. The van der Waals surface area contributed by atoms with Gasteiger partial charge < -0.3 is 0 Å². The third-order valence-electron chi connectivity index (χ3n) is 13.9. The molecule has 0 aliphatic heterocycles. The van der Waals surface area contributed by atoms with E-state index in [1.54, 1.807) is 77.0 Å². The van der Waals surface area contributed by atoms with Crippen molar-refractivity contribution in [2.45, 2.75) is 248 Å². The van der Waals surface area contributed by atoms with Crippen molar-refractivity contribution in [3.8, 4) is 0 Å². The smallest absolute Gasteiger partial charge is 0.0383 e. The molecule has 0 nitrogen and oxygen atoms in total. The van der Waals surface area contributed by atoms with Gasteiger partial charge in [-0.2, -0.15) is 0 Å². The Morgan fingerprint density at radius 1 is 0.213 bits per heavy atom. The van der Waals surface area contributed by atoms with Crippen LogP contribution in [0.5, 0.6) is 0 Å². The molecule has 0 saturated heterocycles. The van der Waals surface area contributed by atoms with E-state index in [0.29, 0.717) is 0 Å². The Morgan fingerprint density at radius 3 is 0.787 bits per heavy atom. The fourth-order valence-electron chi connectivity index (χ4n) is 10.5. The summed E-state index contributed by atoms with van der Waals surface area (Å²) in [6, 6.07) is 0. The van der Waals surface area contributed by atoms with Gasteiger partial charge in [0.1, 0.15) is 0 Å². The maximum absolute atomic E-state index is 2.47. The monoisotopic (exact) mass is 657 g/mol. The standard InChI is InChI=1S/C17H32.2C13H24.2C2H6/c1-15-9-7-13-17(14-8-10-15)16-11-5-3-2-4-6-12-16;2*1-11-6-3-2-4-7-13(10-11)12-8-5-9-12;2*1-2/h15-17H,2-14H2,1H3;2*11-13H,2-10H2,1H3;2*1-2H3. The van der Waals surface area contributed by atoms with Gasteiger partial charge in [-0.05, 0) is 66.1 Å². The summed E-state index contributed by atoms with van der Waals surface area (Å²) < 4.78 is 0. The molecule has 47 heavy (non-hydrogen) atoms. The minimum Gasteiger partial charge on any atom is -0.0683 e. The lowest BCUT2D eigenvalue weighted by Crippen LogP contribution is -2.24. The molecule has 0 N–H and O–H groups in total. The molecule has 4 atom stereocenters. The Kier molecular flexibility index (Phi) is 25.4. The van der Waals surface area contributed by atoms with E-state index < -0.39 is 0 Å². The first-order valence-corrected chi connectivity index (χ1v) is 23.1. The van der Waals surface area contributed by atoms with Gasteiger partial charge in [0.05, 0.1) is 0 Å². The third kappa shape index (κ3) is 18.2. The van der Waals surface area contributed by atoms with Crippen LogP contribution in [0.1, 0.15) is 248 Å². The van der Waals surface area contributed by atoms with Crippen LogP contribution in [-0.2, 0) is 0 Å². The quantitative estimate of drug-likeness (QED) is 0.283. The SMILES string of the molecule is CC.CC.CC1CCCC(C2CCCCCCC2)CCC1.CC1CCCCCC(C2CCC2)C1.CC1CCCCCC(C2CCC2)C1. The molecule has 0 bridgehead atoms. The van der Waals surface area contributed by atoms with Crippen molar-refractivity contribution in [2.24, 2.45) is 53.3 Å². The fourth-order valence-corrected chi connectivity index (χ4v) is 10.5. The van der Waals surface area contributed by atoms with Crippen LogP contribution in [0.3, 0.4) is 0 Å². The van der Waals surface area contributed by atoms with Crippen LogP contribution in [0.2, 0.25) is 0 Å². The van der Waals surface area contributed by atoms with Gasteiger partial charge in [0.2, 0.25) is 0 Å². The van der Waals surface area contributed by atoms with Crippen LogP contribution in [0.15, 0.2) is 0 Å². The fraction of sp³-hybridized carbons (Fsp3) is 1.00. The predicted octanol–water partition coefficient (Wildman–Crippen LogP) is 16.8. The van der Waals surface area contributed by atoms with E-state index in [-0.39, 0.29) is 0 Å². The molecule has 6 aliphatic carbocycles. The second-order valence-electron chi connectivity index (χ2n) is 17.7. The van der Waals surface area contributed by atoms with Crippen molar-refractivity contribution >= 4 is 0 Å². The van der Waals surface area contributed by atoms with Crippen LogP contribution in [-0.4, -0.2) is 0 Å². The first-order chi connectivity index (χ1) is 23.1. The maximum atomic E-state index is 2.47. The summed E-state index contributed by atoms with van der Waals surface area (Å²) in [5.74, 6) is 9.75. The lowest BCUT2D eigenvalue weighted by Gasteiger charge is -2.36. The van der Waals surface area contributed by atoms with Crippen molar-refractivity contribution in [3.63, 3.8) is 0 Å². The molecule has 6 fully saturated rings. The average Bonchev–Trinajstić information content (AvgIpc) is 2.97. The zero-order chi connectivity index (χ0) is 34.1. The van der Waals surface area contributed by atoms with E-state index in [2.05, 4.69) is 20.8 Å². The molecule has 0 aromatic rings. The van der Waals surface area contributed by atoms with Crippen LogP contribution in [0, 0.1) is 53.3 Å². The zero-order valence-electron chi connectivity index (χ0n) is 34.1. The molecule has 280 valence electrons. The van der Waals surface area contributed by atoms with E-state index in [0.717, 1.165) is 53.3 Å². The molecular formula is C47H92. The molecule has 0 aromatic heterocycles. The Hall–Kier alpha value is 0. The Labute approximate surface area is 300 Å². The van der Waals surface area contributed by atoms with Gasteiger partial charge in [0.15, 0.2) is 0 Å². The van der Waals surface area contributed by atoms with Crippen molar-refractivity contribution in [1.82, 2.24) is 0 Å². The first kappa shape index (κ1) is 43.2. The average molecular weight is 657 g/mol. The van der Waals surface area contributed by atoms with Gasteiger partial charge in [-0.3, -0.25) is 0 Å². The van der Waals surface area contributed by atoms with Crippen LogP contribution in [0.25, 0.3) is 0 Å². The summed E-state index contributed by atoms with van der Waals surface area (Å²) in [4.78, 5) is 0. The van der Waals surface area contributed by atoms with Crippen molar-refractivity contribution in [3.05, 3.63) is 0 Å². The molecular weight excluding hydrogens is 565 g/mol. The molecule has 0 heterocycles. The largest absolute Gasteiger partial charge is 0.0683 e. The highest BCUT2D eigenvalue weighted by molar-refractivity contribution is 4.81. The van der Waals surface area contributed by atoms with Crippen molar-refractivity contribution in [2.75, 3.05) is 0 Å². The van der Waals surface area contributed by atoms with E-state index >= 15 is 0 Å². The summed E-state index contributed by atoms with van der Waals surface area (Å²) in [7, 11) is 0. The molecule has 6 aliphatic rings. The molecule has 4 unspecified atom stereocenters. The van der Waals surface area contributed by atoms with Gasteiger partial charge in [0.25, 0.3) is 0 Å². The molecule has 0 spiro atoms. The van der Waals surface area contributed by atoms with Crippen LogP contribution < -0.4 is 0 Å². The number of hydrogen-bond acceptors (Lipinski definition) is 0. The molecule has 6 rings (SSSR count). The molecule has 0 heteroatoms. The lowest BCUT2D eigenvalue weighted by molar-refractivity contribution is 0.153. The van der Waals surface area contributed by atoms with E-state index in [1.807, 2.05) is 27.7 Å². The molecule has 6 saturated carbocycles. The topological polar surface area (TPSA) is 0 Å². The minimum atomic E-state index is 1.01. The lowest BCUT2D eigenvalue weighted by atomic mass is 9.69. The van der Waals surface area contributed by atoms with Crippen LogP contribution >= 0.6 is 0 Å². The summed E-state index contributed by atoms with van der Waals surface area (Å²) >= 11 is 0. The predicted molar refractivity (Wildman–Crippen MR) is 214 cm³/mol. The molecule has 0 amide bonds. The Bertz CT molecular complexity index is 618. The second kappa shape index (κ2) is 27.7. The van der Waals surface area contributed by atoms with E-state index in [4.69, 9.17) is 0 Å². The molecule has 0 radical (unpaired) electrons. The van der Waals surface area contributed by atoms with Crippen molar-refractivity contribution < 1.29 is 0 Å². The number of rotatable bonds is 3. The Morgan fingerprint density at radius 2 is 0.426 bits per heavy atom. The highest BCUT2D eigenvalue weighted by Gasteiger charge is 2.30. The second-order valence-corrected chi connectivity index (χ2v) is 17.7. The van der Waals surface area contributed by atoms with Crippen molar-refractivity contribution in [1.29, 1.82) is 0 Å².